The van der Waals surface area contributed by atoms with Gasteiger partial charge in [0.25, 0.3) is 0 Å². The van der Waals surface area contributed by atoms with Crippen LogP contribution in [0.25, 0.3) is 0 Å². The molecule has 0 bridgehead atoms. The highest BCUT2D eigenvalue weighted by atomic mass is 16.5. The Morgan fingerprint density at radius 1 is 1.47 bits per heavy atom. The largest absolute Gasteiger partial charge is 0.370 e. The zero-order valence-corrected chi connectivity index (χ0v) is 8.94. The van der Waals surface area contributed by atoms with Crippen LogP contribution in [0, 0.1) is 5.92 Å². The first-order valence-electron chi connectivity index (χ1n) is 5.60. The van der Waals surface area contributed by atoms with E-state index in [4.69, 9.17) is 4.74 Å². The second-order valence-electron chi connectivity index (χ2n) is 4.36. The Kier molecular flexibility index (Phi) is 2.21. The molecule has 1 aromatic heterocycles. The van der Waals surface area contributed by atoms with Gasteiger partial charge in [0, 0.05) is 19.7 Å². The fourth-order valence-electron chi connectivity index (χ4n) is 2.35. The van der Waals surface area contributed by atoms with Crippen LogP contribution in [0.4, 0.5) is 0 Å². The maximum absolute atomic E-state index is 5.73. The van der Waals surface area contributed by atoms with Gasteiger partial charge in [0.1, 0.15) is 11.9 Å². The van der Waals surface area contributed by atoms with Crippen LogP contribution in [0.3, 0.4) is 0 Å². The highest BCUT2D eigenvalue weighted by Crippen LogP contribution is 2.33. The van der Waals surface area contributed by atoms with E-state index in [-0.39, 0.29) is 6.10 Å². The van der Waals surface area contributed by atoms with Crippen LogP contribution in [0.15, 0.2) is 0 Å². The van der Waals surface area contributed by atoms with E-state index >= 15 is 0 Å². The van der Waals surface area contributed by atoms with Gasteiger partial charge in [0.05, 0.1) is 6.54 Å². The summed E-state index contributed by atoms with van der Waals surface area (Å²) in [6.45, 7) is 5.87. The molecule has 2 aliphatic heterocycles. The number of nitrogens with zero attached hydrogens (tertiary/aromatic N) is 3. The number of aromatic nitrogens is 3. The molecule has 2 unspecified atom stereocenters. The Labute approximate surface area is 88.8 Å². The van der Waals surface area contributed by atoms with E-state index < -0.39 is 0 Å². The molecular formula is C10H16N4O. The summed E-state index contributed by atoms with van der Waals surface area (Å²) >= 11 is 0. The molecule has 3 heterocycles. The Morgan fingerprint density at radius 3 is 3.20 bits per heavy atom. The fraction of sp³-hybridized carbons (Fsp3) is 0.800. The van der Waals surface area contributed by atoms with Crippen LogP contribution in [-0.2, 0) is 17.8 Å². The van der Waals surface area contributed by atoms with Gasteiger partial charge in [-0.1, -0.05) is 6.92 Å². The number of hydrogen-bond acceptors (Lipinski definition) is 4. The third kappa shape index (κ3) is 1.46. The molecule has 5 nitrogen and oxygen atoms in total. The minimum atomic E-state index is 0.157. The molecule has 1 saturated heterocycles. The van der Waals surface area contributed by atoms with Crippen molar-refractivity contribution in [3.63, 3.8) is 0 Å². The van der Waals surface area contributed by atoms with Crippen molar-refractivity contribution in [3.8, 4) is 0 Å². The van der Waals surface area contributed by atoms with Gasteiger partial charge in [-0.15, -0.1) is 10.2 Å². The molecule has 0 radical (unpaired) electrons. The monoisotopic (exact) mass is 208 g/mol. The average Bonchev–Trinajstić information content (AvgIpc) is 2.83. The van der Waals surface area contributed by atoms with Crippen molar-refractivity contribution in [2.45, 2.75) is 32.5 Å². The van der Waals surface area contributed by atoms with Gasteiger partial charge in [-0.05, 0) is 12.3 Å². The minimum Gasteiger partial charge on any atom is -0.370 e. The van der Waals surface area contributed by atoms with Crippen molar-refractivity contribution in [1.29, 1.82) is 0 Å². The van der Waals surface area contributed by atoms with Crippen LogP contribution in [0.1, 0.15) is 31.1 Å². The molecule has 82 valence electrons. The first-order valence-corrected chi connectivity index (χ1v) is 5.60. The van der Waals surface area contributed by atoms with Gasteiger partial charge in [0.15, 0.2) is 5.82 Å². The first-order chi connectivity index (χ1) is 7.36. The molecular weight excluding hydrogens is 192 g/mol. The molecule has 0 aliphatic carbocycles. The van der Waals surface area contributed by atoms with Crippen molar-refractivity contribution < 1.29 is 4.74 Å². The number of ether oxygens (including phenoxy) is 1. The van der Waals surface area contributed by atoms with Crippen molar-refractivity contribution in [1.82, 2.24) is 20.1 Å². The fourth-order valence-corrected chi connectivity index (χ4v) is 2.35. The van der Waals surface area contributed by atoms with E-state index in [1.807, 2.05) is 0 Å². The van der Waals surface area contributed by atoms with E-state index in [1.165, 1.54) is 0 Å². The normalized spacial score (nSPS) is 30.5. The number of nitrogens with one attached hydrogen (secondary N) is 1. The lowest BCUT2D eigenvalue weighted by Crippen LogP contribution is -2.30. The molecule has 1 fully saturated rings. The van der Waals surface area contributed by atoms with E-state index in [1.54, 1.807) is 0 Å². The zero-order chi connectivity index (χ0) is 10.3. The topological polar surface area (TPSA) is 52.0 Å². The Bertz CT molecular complexity index is 362. The smallest absolute Gasteiger partial charge is 0.162 e. The van der Waals surface area contributed by atoms with Crippen LogP contribution >= 0.6 is 0 Å². The Hall–Kier alpha value is -0.940. The van der Waals surface area contributed by atoms with Crippen molar-refractivity contribution in [3.05, 3.63) is 11.6 Å². The van der Waals surface area contributed by atoms with Gasteiger partial charge >= 0.3 is 0 Å². The van der Waals surface area contributed by atoms with Gasteiger partial charge in [-0.2, -0.15) is 0 Å². The number of rotatable bonds is 1. The summed E-state index contributed by atoms with van der Waals surface area (Å²) in [6.07, 6.45) is 1.29. The Morgan fingerprint density at radius 2 is 2.40 bits per heavy atom. The highest BCUT2D eigenvalue weighted by Gasteiger charge is 2.31. The predicted octanol–water partition coefficient (Wildman–Crippen LogP) is 0.479. The molecule has 2 aliphatic rings. The molecule has 0 aromatic carbocycles. The predicted molar refractivity (Wildman–Crippen MR) is 54.2 cm³/mol. The molecule has 3 rings (SSSR count). The number of fused-ring (bicyclic) bond motifs is 1. The summed E-state index contributed by atoms with van der Waals surface area (Å²) in [7, 11) is 0. The molecule has 1 aromatic rings. The van der Waals surface area contributed by atoms with Gasteiger partial charge < -0.3 is 14.6 Å². The second-order valence-corrected chi connectivity index (χ2v) is 4.36. The Balaban J connectivity index is 1.94. The maximum atomic E-state index is 5.73. The van der Waals surface area contributed by atoms with E-state index in [0.717, 1.165) is 44.3 Å². The lowest BCUT2D eigenvalue weighted by molar-refractivity contribution is 0.0834. The quantitative estimate of drug-likeness (QED) is 0.729. The second kappa shape index (κ2) is 3.57. The third-order valence-corrected chi connectivity index (χ3v) is 3.29. The summed E-state index contributed by atoms with van der Waals surface area (Å²) in [5, 5.41) is 11.8. The summed E-state index contributed by atoms with van der Waals surface area (Å²) in [4.78, 5) is 0. The SMILES string of the molecule is CC1CCOC1c1nnc2n1CCNC2. The van der Waals surface area contributed by atoms with Gasteiger partial charge in [-0.25, -0.2) is 0 Å². The zero-order valence-electron chi connectivity index (χ0n) is 8.94. The van der Waals surface area contributed by atoms with E-state index in [9.17, 15) is 0 Å². The molecule has 1 N–H and O–H groups in total. The summed E-state index contributed by atoms with van der Waals surface area (Å²) in [5.74, 6) is 2.63. The van der Waals surface area contributed by atoms with Crippen LogP contribution in [0.2, 0.25) is 0 Å². The van der Waals surface area contributed by atoms with Crippen molar-refractivity contribution in [2.24, 2.45) is 5.92 Å². The molecule has 0 spiro atoms. The maximum Gasteiger partial charge on any atom is 0.162 e. The van der Waals surface area contributed by atoms with Crippen LogP contribution < -0.4 is 5.32 Å². The lowest BCUT2D eigenvalue weighted by Gasteiger charge is -2.19. The summed E-state index contributed by atoms with van der Waals surface area (Å²) < 4.78 is 7.94. The molecule has 15 heavy (non-hydrogen) atoms. The van der Waals surface area contributed by atoms with Crippen LogP contribution in [0.5, 0.6) is 0 Å². The highest BCUT2D eigenvalue weighted by molar-refractivity contribution is 5.03. The third-order valence-electron chi connectivity index (χ3n) is 3.29. The molecule has 2 atom stereocenters. The average molecular weight is 208 g/mol. The summed E-state index contributed by atoms with van der Waals surface area (Å²) in [6, 6.07) is 0. The minimum absolute atomic E-state index is 0.157. The van der Waals surface area contributed by atoms with Gasteiger partial charge in [0.2, 0.25) is 0 Å². The first kappa shape index (κ1) is 9.30. The standard InChI is InChI=1S/C10H16N4O/c1-7-2-5-15-9(7)10-13-12-8-6-11-3-4-14(8)10/h7,9,11H,2-6H2,1H3. The van der Waals surface area contributed by atoms with E-state index in [2.05, 4.69) is 27.0 Å². The van der Waals surface area contributed by atoms with E-state index in [0.29, 0.717) is 5.92 Å². The lowest BCUT2D eigenvalue weighted by atomic mass is 10.0. The van der Waals surface area contributed by atoms with Crippen molar-refractivity contribution >= 4 is 0 Å². The molecule has 0 amide bonds. The number of hydrogen-bond donors (Lipinski definition) is 1. The van der Waals surface area contributed by atoms with Gasteiger partial charge in [-0.3, -0.25) is 0 Å². The van der Waals surface area contributed by atoms with Crippen molar-refractivity contribution in [2.75, 3.05) is 13.2 Å². The van der Waals surface area contributed by atoms with Crippen LogP contribution in [-0.4, -0.2) is 27.9 Å². The molecule has 0 saturated carbocycles. The summed E-state index contributed by atoms with van der Waals surface area (Å²) in [5.41, 5.74) is 0. The molecule has 5 heteroatoms.